The van der Waals surface area contributed by atoms with Gasteiger partial charge in [0.15, 0.2) is 11.6 Å². The number of hydrogen-bond acceptors (Lipinski definition) is 2. The van der Waals surface area contributed by atoms with Crippen LogP contribution < -0.4 is 0 Å². The van der Waals surface area contributed by atoms with Crippen molar-refractivity contribution < 1.29 is 9.59 Å². The second-order valence-corrected chi connectivity index (χ2v) is 5.82. The van der Waals surface area contributed by atoms with Crippen molar-refractivity contribution >= 4 is 27.5 Å². The summed E-state index contributed by atoms with van der Waals surface area (Å²) in [5.41, 5.74) is 3.63. The zero-order chi connectivity index (χ0) is 14.9. The Morgan fingerprint density at radius 1 is 1.15 bits per heavy atom. The molecular formula is C16H16BrNO2. The molecule has 1 aromatic carbocycles. The molecule has 2 rings (SSSR count). The van der Waals surface area contributed by atoms with Crippen molar-refractivity contribution in [3.8, 4) is 0 Å². The molecule has 2 aromatic rings. The minimum atomic E-state index is -0.0149. The third kappa shape index (κ3) is 2.90. The number of aryl methyl sites for hydroxylation is 1. The molecule has 4 heteroatoms. The second-order valence-electron chi connectivity index (χ2n) is 4.91. The summed E-state index contributed by atoms with van der Waals surface area (Å²) in [4.78, 5) is 27.0. The molecule has 0 aliphatic carbocycles. The van der Waals surface area contributed by atoms with Crippen LogP contribution in [0.4, 0.5) is 0 Å². The van der Waals surface area contributed by atoms with Crippen molar-refractivity contribution in [1.82, 2.24) is 4.98 Å². The number of Topliss-reactive ketones (excluding diaryl/α,β-unsaturated/α-hetero) is 2. The summed E-state index contributed by atoms with van der Waals surface area (Å²) in [5, 5.41) is 0. The minimum absolute atomic E-state index is 0.000391. The van der Waals surface area contributed by atoms with E-state index < -0.39 is 0 Å². The number of H-pyrrole nitrogens is 1. The lowest BCUT2D eigenvalue weighted by Gasteiger charge is -2.02. The normalized spacial score (nSPS) is 10.6. The Hall–Kier alpha value is -1.68. The van der Waals surface area contributed by atoms with E-state index >= 15 is 0 Å². The molecule has 0 unspecified atom stereocenters. The van der Waals surface area contributed by atoms with E-state index in [4.69, 9.17) is 0 Å². The fourth-order valence-electron chi connectivity index (χ4n) is 2.43. The van der Waals surface area contributed by atoms with E-state index in [-0.39, 0.29) is 11.6 Å². The van der Waals surface area contributed by atoms with Gasteiger partial charge in [0.1, 0.15) is 0 Å². The van der Waals surface area contributed by atoms with Crippen LogP contribution in [-0.4, -0.2) is 16.6 Å². The van der Waals surface area contributed by atoms with Gasteiger partial charge in [0.25, 0.3) is 0 Å². The van der Waals surface area contributed by atoms with E-state index in [0.717, 1.165) is 21.3 Å². The first-order valence-electron chi connectivity index (χ1n) is 6.38. The van der Waals surface area contributed by atoms with Crippen molar-refractivity contribution in [1.29, 1.82) is 0 Å². The van der Waals surface area contributed by atoms with Crippen LogP contribution in [-0.2, 0) is 6.42 Å². The van der Waals surface area contributed by atoms with Gasteiger partial charge in [0.05, 0.1) is 5.69 Å². The minimum Gasteiger partial charge on any atom is -0.355 e. The number of aromatic amines is 1. The predicted octanol–water partition coefficient (Wildman–Crippen LogP) is 4.02. The van der Waals surface area contributed by atoms with Crippen LogP contribution in [0.5, 0.6) is 0 Å². The van der Waals surface area contributed by atoms with Crippen LogP contribution in [0.1, 0.15) is 44.6 Å². The molecule has 0 fully saturated rings. The summed E-state index contributed by atoms with van der Waals surface area (Å²) >= 11 is 3.37. The average molecular weight is 334 g/mol. The van der Waals surface area contributed by atoms with E-state index in [2.05, 4.69) is 20.9 Å². The van der Waals surface area contributed by atoms with Gasteiger partial charge in [-0.15, -0.1) is 0 Å². The molecule has 104 valence electrons. The van der Waals surface area contributed by atoms with Crippen molar-refractivity contribution in [2.75, 3.05) is 0 Å². The highest BCUT2D eigenvalue weighted by molar-refractivity contribution is 9.10. The third-order valence-corrected chi connectivity index (χ3v) is 3.88. The van der Waals surface area contributed by atoms with Gasteiger partial charge in [-0.25, -0.2) is 0 Å². The quantitative estimate of drug-likeness (QED) is 0.859. The highest BCUT2D eigenvalue weighted by atomic mass is 79.9. The van der Waals surface area contributed by atoms with Gasteiger partial charge in [-0.2, -0.15) is 0 Å². The average Bonchev–Trinajstić information content (AvgIpc) is 2.67. The Bertz CT molecular complexity index is 669. The molecule has 1 heterocycles. The van der Waals surface area contributed by atoms with Crippen LogP contribution in [0, 0.1) is 13.8 Å². The molecule has 0 amide bonds. The number of carbonyl (C=O) groups is 2. The molecule has 3 nitrogen and oxygen atoms in total. The van der Waals surface area contributed by atoms with Crippen LogP contribution in [0.3, 0.4) is 0 Å². The molecule has 0 saturated heterocycles. The molecule has 20 heavy (non-hydrogen) atoms. The van der Waals surface area contributed by atoms with Crippen molar-refractivity contribution in [2.24, 2.45) is 0 Å². The number of rotatable bonds is 4. The lowest BCUT2D eigenvalue weighted by atomic mass is 10.0. The zero-order valence-electron chi connectivity index (χ0n) is 11.7. The first-order chi connectivity index (χ1) is 9.40. The standard InChI is InChI=1S/C16H16BrNO2/c1-9-15(11(3)19)10(2)18-16(9)14(20)8-12-4-6-13(17)7-5-12/h4-7,18H,8H2,1-3H3. The molecule has 1 N–H and O–H groups in total. The molecule has 0 atom stereocenters. The highest BCUT2D eigenvalue weighted by Crippen LogP contribution is 2.20. The van der Waals surface area contributed by atoms with Gasteiger partial charge in [0.2, 0.25) is 0 Å². The van der Waals surface area contributed by atoms with Crippen LogP contribution >= 0.6 is 15.9 Å². The lowest BCUT2D eigenvalue weighted by Crippen LogP contribution is -2.06. The summed E-state index contributed by atoms with van der Waals surface area (Å²) in [7, 11) is 0. The van der Waals surface area contributed by atoms with Crippen LogP contribution in [0.15, 0.2) is 28.7 Å². The van der Waals surface area contributed by atoms with Crippen LogP contribution in [0.25, 0.3) is 0 Å². The molecule has 0 saturated carbocycles. The SMILES string of the molecule is CC(=O)c1c(C)[nH]c(C(=O)Cc2ccc(Br)cc2)c1C. The van der Waals surface area contributed by atoms with Gasteiger partial charge in [-0.05, 0) is 44.0 Å². The van der Waals surface area contributed by atoms with E-state index in [9.17, 15) is 9.59 Å². The third-order valence-electron chi connectivity index (χ3n) is 3.35. The maximum absolute atomic E-state index is 12.4. The maximum atomic E-state index is 12.4. The Labute approximate surface area is 126 Å². The Morgan fingerprint density at radius 2 is 1.75 bits per heavy atom. The summed E-state index contributed by atoms with van der Waals surface area (Å²) in [6.07, 6.45) is 0.325. The molecule has 0 bridgehead atoms. The van der Waals surface area contributed by atoms with Gasteiger partial charge in [-0.3, -0.25) is 9.59 Å². The summed E-state index contributed by atoms with van der Waals surface area (Å²) in [5.74, 6) is -0.0145. The molecular weight excluding hydrogens is 318 g/mol. The zero-order valence-corrected chi connectivity index (χ0v) is 13.3. The number of hydrogen-bond donors (Lipinski definition) is 1. The lowest BCUT2D eigenvalue weighted by molar-refractivity contribution is 0.0987. The van der Waals surface area contributed by atoms with Gasteiger partial charge in [0, 0.05) is 22.2 Å². The molecule has 0 aliphatic heterocycles. The van der Waals surface area contributed by atoms with Gasteiger partial charge >= 0.3 is 0 Å². The monoisotopic (exact) mass is 333 g/mol. The first kappa shape index (κ1) is 14.7. The largest absolute Gasteiger partial charge is 0.355 e. The topological polar surface area (TPSA) is 49.9 Å². The van der Waals surface area contributed by atoms with E-state index in [0.29, 0.717) is 17.7 Å². The summed E-state index contributed by atoms with van der Waals surface area (Å²) in [6, 6.07) is 7.66. The Balaban J connectivity index is 2.28. The fourth-order valence-corrected chi connectivity index (χ4v) is 2.70. The number of halogens is 1. The van der Waals surface area contributed by atoms with Crippen molar-refractivity contribution in [2.45, 2.75) is 27.2 Å². The van der Waals surface area contributed by atoms with Gasteiger partial charge < -0.3 is 4.98 Å². The summed E-state index contributed by atoms with van der Waals surface area (Å²) in [6.45, 7) is 5.15. The molecule has 0 radical (unpaired) electrons. The second kappa shape index (κ2) is 5.75. The first-order valence-corrected chi connectivity index (χ1v) is 7.17. The smallest absolute Gasteiger partial charge is 0.183 e. The number of carbonyl (C=O) groups excluding carboxylic acids is 2. The fraction of sp³-hybridized carbons (Fsp3) is 0.250. The Kier molecular flexibility index (Phi) is 4.23. The van der Waals surface area contributed by atoms with Crippen molar-refractivity contribution in [3.63, 3.8) is 0 Å². The number of aromatic nitrogens is 1. The maximum Gasteiger partial charge on any atom is 0.183 e. The summed E-state index contributed by atoms with van der Waals surface area (Å²) < 4.78 is 0.986. The van der Waals surface area contributed by atoms with Gasteiger partial charge in [-0.1, -0.05) is 28.1 Å². The van der Waals surface area contributed by atoms with Crippen molar-refractivity contribution in [3.05, 3.63) is 56.8 Å². The van der Waals surface area contributed by atoms with Crippen LogP contribution in [0.2, 0.25) is 0 Å². The number of nitrogens with one attached hydrogen (secondary N) is 1. The predicted molar refractivity (Wildman–Crippen MR) is 82.4 cm³/mol. The highest BCUT2D eigenvalue weighted by Gasteiger charge is 2.19. The van der Waals surface area contributed by atoms with E-state index in [1.165, 1.54) is 6.92 Å². The van der Waals surface area contributed by atoms with E-state index in [1.807, 2.05) is 38.1 Å². The Morgan fingerprint density at radius 3 is 2.25 bits per heavy atom. The number of ketones is 2. The molecule has 0 spiro atoms. The van der Waals surface area contributed by atoms with E-state index in [1.54, 1.807) is 0 Å². The molecule has 1 aromatic heterocycles. The number of benzene rings is 1. The molecule has 0 aliphatic rings.